The van der Waals surface area contributed by atoms with Crippen molar-refractivity contribution in [1.29, 1.82) is 0 Å². The van der Waals surface area contributed by atoms with Crippen LogP contribution in [0.15, 0.2) is 18.2 Å². The van der Waals surface area contributed by atoms with Gasteiger partial charge in [0.15, 0.2) is 0 Å². The minimum atomic E-state index is -0.670. The number of methoxy groups -OCH3 is 1. The zero-order chi connectivity index (χ0) is 12.6. The van der Waals surface area contributed by atoms with Crippen LogP contribution in [0.4, 0.5) is 4.39 Å². The van der Waals surface area contributed by atoms with E-state index in [4.69, 9.17) is 5.73 Å². The molecule has 92 valence electrons. The molecular formula is C13H16FNO2. The molecule has 1 aliphatic rings. The van der Waals surface area contributed by atoms with Crippen molar-refractivity contribution in [1.82, 2.24) is 0 Å². The van der Waals surface area contributed by atoms with Crippen molar-refractivity contribution in [3.05, 3.63) is 35.1 Å². The molecule has 0 amide bonds. The van der Waals surface area contributed by atoms with Gasteiger partial charge in [-0.1, -0.05) is 6.07 Å². The number of ether oxygens (including phenoxy) is 1. The number of nitrogens with two attached hydrogens (primary N) is 1. The number of benzene rings is 1. The smallest absolute Gasteiger partial charge is 0.323 e. The molecule has 2 rings (SSSR count). The van der Waals surface area contributed by atoms with Gasteiger partial charge in [-0.05, 0) is 43.0 Å². The summed E-state index contributed by atoms with van der Waals surface area (Å²) in [6.45, 7) is 1.84. The van der Waals surface area contributed by atoms with E-state index in [1.54, 1.807) is 6.07 Å². The fourth-order valence-corrected chi connectivity index (χ4v) is 2.42. The highest BCUT2D eigenvalue weighted by Crippen LogP contribution is 2.51. The van der Waals surface area contributed by atoms with Gasteiger partial charge in [-0.2, -0.15) is 0 Å². The second-order valence-corrected chi connectivity index (χ2v) is 4.62. The molecule has 1 aromatic carbocycles. The number of hydrogen-bond acceptors (Lipinski definition) is 3. The lowest BCUT2D eigenvalue weighted by Gasteiger charge is -2.23. The number of aryl methyl sites for hydroxylation is 1. The van der Waals surface area contributed by atoms with Gasteiger partial charge >= 0.3 is 5.97 Å². The van der Waals surface area contributed by atoms with Gasteiger partial charge in [0.2, 0.25) is 0 Å². The van der Waals surface area contributed by atoms with E-state index in [2.05, 4.69) is 4.74 Å². The van der Waals surface area contributed by atoms with Crippen LogP contribution in [0.3, 0.4) is 0 Å². The molecule has 3 nitrogen and oxygen atoms in total. The molecule has 1 unspecified atom stereocenters. The zero-order valence-corrected chi connectivity index (χ0v) is 10.00. The number of halogens is 1. The largest absolute Gasteiger partial charge is 0.468 e. The molecule has 0 radical (unpaired) electrons. The Morgan fingerprint density at radius 1 is 1.53 bits per heavy atom. The molecule has 0 aromatic heterocycles. The van der Waals surface area contributed by atoms with Crippen LogP contribution in [-0.4, -0.2) is 19.1 Å². The highest BCUT2D eigenvalue weighted by Gasteiger charge is 2.53. The first-order chi connectivity index (χ1) is 8.01. The molecular weight excluding hydrogens is 221 g/mol. The van der Waals surface area contributed by atoms with Gasteiger partial charge in [0.1, 0.15) is 11.9 Å². The maximum atomic E-state index is 13.1. The zero-order valence-electron chi connectivity index (χ0n) is 10.00. The van der Waals surface area contributed by atoms with Crippen molar-refractivity contribution in [3.8, 4) is 0 Å². The van der Waals surface area contributed by atoms with Gasteiger partial charge in [-0.25, -0.2) is 4.39 Å². The number of rotatable bonds is 3. The van der Waals surface area contributed by atoms with Gasteiger partial charge < -0.3 is 10.5 Å². The average Bonchev–Trinajstić information content (AvgIpc) is 3.08. The van der Waals surface area contributed by atoms with Crippen molar-refractivity contribution in [2.75, 3.05) is 7.11 Å². The molecule has 1 fully saturated rings. The lowest BCUT2D eigenvalue weighted by atomic mass is 9.85. The summed E-state index contributed by atoms with van der Waals surface area (Å²) < 4.78 is 17.7. The van der Waals surface area contributed by atoms with Crippen molar-refractivity contribution in [3.63, 3.8) is 0 Å². The molecule has 0 bridgehead atoms. The Morgan fingerprint density at radius 2 is 2.18 bits per heavy atom. The van der Waals surface area contributed by atoms with Gasteiger partial charge in [0.25, 0.3) is 0 Å². The molecule has 2 N–H and O–H groups in total. The predicted molar refractivity (Wildman–Crippen MR) is 62.0 cm³/mol. The SMILES string of the molecule is COC(=O)C(N)C1(c2ccc(F)cc2C)CC1. The third kappa shape index (κ3) is 1.93. The molecule has 1 saturated carbocycles. The quantitative estimate of drug-likeness (QED) is 0.813. The van der Waals surface area contributed by atoms with Gasteiger partial charge in [-0.15, -0.1) is 0 Å². The Bertz CT molecular complexity index is 455. The summed E-state index contributed by atoms with van der Waals surface area (Å²) in [5.74, 6) is -0.681. The van der Waals surface area contributed by atoms with Crippen LogP contribution in [0.2, 0.25) is 0 Å². The second-order valence-electron chi connectivity index (χ2n) is 4.62. The number of carbonyl (C=O) groups excluding carboxylic acids is 1. The minimum absolute atomic E-state index is 0.270. The minimum Gasteiger partial charge on any atom is -0.468 e. The van der Waals surface area contributed by atoms with Gasteiger partial charge in [-0.3, -0.25) is 4.79 Å². The van der Waals surface area contributed by atoms with E-state index in [1.807, 2.05) is 6.92 Å². The number of carbonyl (C=O) groups is 1. The molecule has 0 aliphatic heterocycles. The van der Waals surface area contributed by atoms with Crippen molar-refractivity contribution in [2.45, 2.75) is 31.2 Å². The Morgan fingerprint density at radius 3 is 2.65 bits per heavy atom. The standard InChI is InChI=1S/C13H16FNO2/c1-8-7-9(14)3-4-10(8)13(5-6-13)11(15)12(16)17-2/h3-4,7,11H,5-6,15H2,1-2H3. The highest BCUT2D eigenvalue weighted by atomic mass is 19.1. The number of esters is 1. The summed E-state index contributed by atoms with van der Waals surface area (Å²) in [6.07, 6.45) is 1.69. The van der Waals surface area contributed by atoms with Crippen molar-refractivity contribution in [2.24, 2.45) is 5.73 Å². The predicted octanol–water partition coefficient (Wildman–Crippen LogP) is 1.67. The van der Waals surface area contributed by atoms with Crippen molar-refractivity contribution >= 4 is 5.97 Å². The average molecular weight is 237 g/mol. The van der Waals surface area contributed by atoms with Gasteiger partial charge in [0.05, 0.1) is 7.11 Å². The Hall–Kier alpha value is -1.42. The van der Waals surface area contributed by atoms with Crippen LogP contribution in [0.1, 0.15) is 24.0 Å². The molecule has 17 heavy (non-hydrogen) atoms. The first-order valence-corrected chi connectivity index (χ1v) is 5.61. The van der Waals surface area contributed by atoms with Crippen molar-refractivity contribution < 1.29 is 13.9 Å². The summed E-state index contributed by atoms with van der Waals surface area (Å²) in [5, 5.41) is 0. The summed E-state index contributed by atoms with van der Waals surface area (Å²) in [5.41, 5.74) is 7.37. The third-order valence-electron chi connectivity index (χ3n) is 3.56. The Kier molecular flexibility index (Phi) is 2.91. The molecule has 1 aliphatic carbocycles. The van der Waals surface area contributed by atoms with Crippen LogP contribution >= 0.6 is 0 Å². The maximum absolute atomic E-state index is 13.1. The summed E-state index contributed by atoms with van der Waals surface area (Å²) in [7, 11) is 1.33. The van der Waals surface area contributed by atoms with E-state index in [-0.39, 0.29) is 11.2 Å². The van der Waals surface area contributed by atoms with E-state index in [9.17, 15) is 9.18 Å². The number of hydrogen-bond donors (Lipinski definition) is 1. The summed E-state index contributed by atoms with van der Waals surface area (Å²) in [6, 6.07) is 3.93. The Labute approximate surface area is 99.8 Å². The molecule has 1 aromatic rings. The fraction of sp³-hybridized carbons (Fsp3) is 0.462. The fourth-order valence-electron chi connectivity index (χ4n) is 2.42. The Balaban J connectivity index is 2.36. The van der Waals surface area contributed by atoms with Crippen LogP contribution in [-0.2, 0) is 14.9 Å². The van der Waals surface area contributed by atoms with E-state index in [1.165, 1.54) is 19.2 Å². The lowest BCUT2D eigenvalue weighted by Crippen LogP contribution is -2.43. The van der Waals surface area contributed by atoms with Crippen LogP contribution < -0.4 is 5.73 Å². The monoisotopic (exact) mass is 237 g/mol. The second kappa shape index (κ2) is 4.11. The molecule has 1 atom stereocenters. The van der Waals surface area contributed by atoms with Gasteiger partial charge in [0, 0.05) is 5.41 Å². The van der Waals surface area contributed by atoms with E-state index in [0.29, 0.717) is 0 Å². The lowest BCUT2D eigenvalue weighted by molar-refractivity contribution is -0.143. The summed E-state index contributed by atoms with van der Waals surface area (Å²) in [4.78, 5) is 11.5. The van der Waals surface area contributed by atoms with E-state index >= 15 is 0 Å². The maximum Gasteiger partial charge on any atom is 0.323 e. The third-order valence-corrected chi connectivity index (χ3v) is 3.56. The molecule has 4 heteroatoms. The highest BCUT2D eigenvalue weighted by molar-refractivity contribution is 5.79. The van der Waals surface area contributed by atoms with E-state index in [0.717, 1.165) is 24.0 Å². The topological polar surface area (TPSA) is 52.3 Å². The molecule has 0 heterocycles. The normalized spacial score (nSPS) is 18.6. The first kappa shape index (κ1) is 12.0. The van der Waals surface area contributed by atoms with Crippen LogP contribution in [0.25, 0.3) is 0 Å². The molecule has 0 saturated heterocycles. The van der Waals surface area contributed by atoms with E-state index < -0.39 is 12.0 Å². The first-order valence-electron chi connectivity index (χ1n) is 5.61. The summed E-state index contributed by atoms with van der Waals surface area (Å²) >= 11 is 0. The van der Waals surface area contributed by atoms with Crippen LogP contribution in [0.5, 0.6) is 0 Å². The molecule has 0 spiro atoms. The van der Waals surface area contributed by atoms with Crippen LogP contribution in [0, 0.1) is 12.7 Å².